The molecule has 0 aliphatic carbocycles. The zero-order valence-electron chi connectivity index (χ0n) is 14.5. The molecule has 1 saturated heterocycles. The van der Waals surface area contributed by atoms with Crippen molar-refractivity contribution in [2.75, 3.05) is 31.6 Å². The average molecular weight is 451 g/mol. The van der Waals surface area contributed by atoms with Gasteiger partial charge in [0.2, 0.25) is 15.9 Å². The van der Waals surface area contributed by atoms with E-state index in [9.17, 15) is 13.2 Å². The summed E-state index contributed by atoms with van der Waals surface area (Å²) < 4.78 is 32.7. The fraction of sp³-hybridized carbons (Fsp3) is 0.211. The van der Waals surface area contributed by atoms with Crippen LogP contribution in [0.5, 0.6) is 0 Å². The molecule has 1 aliphatic heterocycles. The van der Waals surface area contributed by atoms with Crippen LogP contribution in [0.25, 0.3) is 6.08 Å². The molecular weight excluding hydrogens is 432 g/mol. The van der Waals surface area contributed by atoms with Gasteiger partial charge in [-0.1, -0.05) is 28.1 Å². The van der Waals surface area contributed by atoms with Gasteiger partial charge in [-0.05, 0) is 48.0 Å². The number of carbonyl (C=O) groups is 1. The Kier molecular flexibility index (Phi) is 6.43. The first-order chi connectivity index (χ1) is 12.9. The lowest BCUT2D eigenvalue weighted by molar-refractivity contribution is -0.111. The van der Waals surface area contributed by atoms with Gasteiger partial charge in [0, 0.05) is 29.3 Å². The molecule has 1 N–H and O–H groups in total. The van der Waals surface area contributed by atoms with Crippen LogP contribution in [-0.2, 0) is 19.6 Å². The standard InChI is InChI=1S/C19H19BrN2O4S/c20-16-4-6-17(7-5-16)21-19(23)10-3-15-1-8-18(9-2-15)27(24,25)22-11-13-26-14-12-22/h1-10H,11-14H2,(H,21,23)/b10-3+. The molecule has 0 unspecified atom stereocenters. The second-order valence-corrected chi connectivity index (χ2v) is 8.77. The zero-order chi connectivity index (χ0) is 19.3. The number of morpholine rings is 1. The molecule has 3 rings (SSSR count). The minimum atomic E-state index is -3.51. The van der Waals surface area contributed by atoms with E-state index in [0.29, 0.717) is 32.0 Å². The Balaban J connectivity index is 1.63. The van der Waals surface area contributed by atoms with E-state index in [1.54, 1.807) is 42.5 Å². The fourth-order valence-corrected chi connectivity index (χ4v) is 4.25. The van der Waals surface area contributed by atoms with Crippen molar-refractivity contribution < 1.29 is 17.9 Å². The van der Waals surface area contributed by atoms with E-state index in [4.69, 9.17) is 4.74 Å². The lowest BCUT2D eigenvalue weighted by Crippen LogP contribution is -2.40. The molecule has 0 radical (unpaired) electrons. The van der Waals surface area contributed by atoms with Crippen LogP contribution in [0.3, 0.4) is 0 Å². The van der Waals surface area contributed by atoms with Gasteiger partial charge in [0.25, 0.3) is 0 Å². The maximum Gasteiger partial charge on any atom is 0.248 e. The number of amides is 1. The highest BCUT2D eigenvalue weighted by molar-refractivity contribution is 9.10. The van der Waals surface area contributed by atoms with E-state index in [1.165, 1.54) is 10.4 Å². The largest absolute Gasteiger partial charge is 0.379 e. The highest BCUT2D eigenvalue weighted by atomic mass is 79.9. The summed E-state index contributed by atoms with van der Waals surface area (Å²) in [6, 6.07) is 13.7. The molecule has 0 aromatic heterocycles. The molecule has 6 nitrogen and oxygen atoms in total. The summed E-state index contributed by atoms with van der Waals surface area (Å²) in [5.74, 6) is -0.262. The minimum Gasteiger partial charge on any atom is -0.379 e. The average Bonchev–Trinajstić information content (AvgIpc) is 2.69. The van der Waals surface area contributed by atoms with Crippen molar-refractivity contribution in [3.05, 3.63) is 64.6 Å². The highest BCUT2D eigenvalue weighted by Gasteiger charge is 2.25. The van der Waals surface area contributed by atoms with Crippen LogP contribution in [0.4, 0.5) is 5.69 Å². The van der Waals surface area contributed by atoms with Gasteiger partial charge >= 0.3 is 0 Å². The van der Waals surface area contributed by atoms with Crippen molar-refractivity contribution in [2.45, 2.75) is 4.90 Å². The number of rotatable bonds is 5. The first-order valence-corrected chi connectivity index (χ1v) is 10.6. The molecule has 1 fully saturated rings. The number of anilines is 1. The number of hydrogen-bond acceptors (Lipinski definition) is 4. The minimum absolute atomic E-state index is 0.237. The summed E-state index contributed by atoms with van der Waals surface area (Å²) in [5.41, 5.74) is 1.43. The van der Waals surface area contributed by atoms with E-state index in [1.807, 2.05) is 12.1 Å². The number of sulfonamides is 1. The number of ether oxygens (including phenoxy) is 1. The van der Waals surface area contributed by atoms with Gasteiger partial charge in [-0.25, -0.2) is 8.42 Å². The lowest BCUT2D eigenvalue weighted by atomic mass is 10.2. The SMILES string of the molecule is O=C(/C=C/c1ccc(S(=O)(=O)N2CCOCC2)cc1)Nc1ccc(Br)cc1. The number of hydrogen-bond donors (Lipinski definition) is 1. The van der Waals surface area contributed by atoms with E-state index in [0.717, 1.165) is 10.0 Å². The van der Waals surface area contributed by atoms with Crippen LogP contribution in [-0.4, -0.2) is 44.9 Å². The normalized spacial score (nSPS) is 15.7. The van der Waals surface area contributed by atoms with Crippen molar-refractivity contribution in [3.8, 4) is 0 Å². The van der Waals surface area contributed by atoms with E-state index in [-0.39, 0.29) is 10.8 Å². The molecule has 0 spiro atoms. The fourth-order valence-electron chi connectivity index (χ4n) is 2.58. The molecule has 142 valence electrons. The Morgan fingerprint density at radius 2 is 1.67 bits per heavy atom. The predicted molar refractivity (Wildman–Crippen MR) is 108 cm³/mol. The van der Waals surface area contributed by atoms with Gasteiger partial charge in [-0.15, -0.1) is 0 Å². The molecular formula is C19H19BrN2O4S. The third-order valence-electron chi connectivity index (χ3n) is 4.03. The van der Waals surface area contributed by atoms with Crippen LogP contribution in [0, 0.1) is 0 Å². The van der Waals surface area contributed by atoms with Crippen LogP contribution >= 0.6 is 15.9 Å². The Bertz CT molecular complexity index is 919. The monoisotopic (exact) mass is 450 g/mol. The second kappa shape index (κ2) is 8.79. The Morgan fingerprint density at radius 1 is 1.04 bits per heavy atom. The van der Waals surface area contributed by atoms with Crippen LogP contribution in [0.1, 0.15) is 5.56 Å². The van der Waals surface area contributed by atoms with Crippen LogP contribution < -0.4 is 5.32 Å². The number of halogens is 1. The first kappa shape index (κ1) is 19.8. The summed E-state index contributed by atoms with van der Waals surface area (Å²) in [6.45, 7) is 1.54. The molecule has 8 heteroatoms. The summed E-state index contributed by atoms with van der Waals surface area (Å²) >= 11 is 3.34. The quantitative estimate of drug-likeness (QED) is 0.709. The maximum atomic E-state index is 12.6. The van der Waals surface area contributed by atoms with E-state index in [2.05, 4.69) is 21.2 Å². The topological polar surface area (TPSA) is 75.7 Å². The molecule has 1 amide bonds. The molecule has 1 aliphatic rings. The predicted octanol–water partition coefficient (Wildman–Crippen LogP) is 3.12. The molecule has 0 bridgehead atoms. The molecule has 2 aromatic rings. The van der Waals surface area contributed by atoms with Gasteiger partial charge in [-0.2, -0.15) is 4.31 Å². The number of benzene rings is 2. The van der Waals surface area contributed by atoms with Crippen LogP contribution in [0.15, 0.2) is 64.0 Å². The summed E-state index contributed by atoms with van der Waals surface area (Å²) in [6.07, 6.45) is 3.05. The van der Waals surface area contributed by atoms with Gasteiger partial charge in [-0.3, -0.25) is 4.79 Å². The Hall–Kier alpha value is -2.00. The molecule has 0 saturated carbocycles. The molecule has 2 aromatic carbocycles. The maximum absolute atomic E-state index is 12.6. The van der Waals surface area contributed by atoms with Crippen molar-refractivity contribution in [1.29, 1.82) is 0 Å². The third kappa shape index (κ3) is 5.26. The van der Waals surface area contributed by atoms with Gasteiger partial charge in [0.05, 0.1) is 18.1 Å². The highest BCUT2D eigenvalue weighted by Crippen LogP contribution is 2.18. The lowest BCUT2D eigenvalue weighted by Gasteiger charge is -2.26. The Morgan fingerprint density at radius 3 is 2.30 bits per heavy atom. The molecule has 0 atom stereocenters. The summed E-state index contributed by atoms with van der Waals surface area (Å²) in [4.78, 5) is 12.2. The number of carbonyl (C=O) groups excluding carboxylic acids is 1. The first-order valence-electron chi connectivity index (χ1n) is 8.38. The van der Waals surface area contributed by atoms with Crippen molar-refractivity contribution in [3.63, 3.8) is 0 Å². The van der Waals surface area contributed by atoms with Crippen molar-refractivity contribution in [2.24, 2.45) is 0 Å². The number of nitrogens with zero attached hydrogens (tertiary/aromatic N) is 1. The van der Waals surface area contributed by atoms with E-state index >= 15 is 0 Å². The molecule has 27 heavy (non-hydrogen) atoms. The van der Waals surface area contributed by atoms with Crippen molar-refractivity contribution in [1.82, 2.24) is 4.31 Å². The number of nitrogens with one attached hydrogen (secondary N) is 1. The van der Waals surface area contributed by atoms with Crippen LogP contribution in [0.2, 0.25) is 0 Å². The zero-order valence-corrected chi connectivity index (χ0v) is 16.9. The smallest absolute Gasteiger partial charge is 0.248 e. The third-order valence-corrected chi connectivity index (χ3v) is 6.47. The van der Waals surface area contributed by atoms with Gasteiger partial charge in [0.1, 0.15) is 0 Å². The van der Waals surface area contributed by atoms with E-state index < -0.39 is 10.0 Å². The van der Waals surface area contributed by atoms with Gasteiger partial charge in [0.15, 0.2) is 0 Å². The van der Waals surface area contributed by atoms with Gasteiger partial charge < -0.3 is 10.1 Å². The van der Waals surface area contributed by atoms with Crippen molar-refractivity contribution >= 4 is 43.6 Å². The summed E-state index contributed by atoms with van der Waals surface area (Å²) in [7, 11) is -3.51. The second-order valence-electron chi connectivity index (χ2n) is 5.91. The summed E-state index contributed by atoms with van der Waals surface area (Å²) in [5, 5.41) is 2.76. The molecule has 1 heterocycles. The Labute approximate surface area is 167 Å².